The maximum atomic E-state index is 12.3. The summed E-state index contributed by atoms with van der Waals surface area (Å²) in [5.41, 5.74) is 28.0. The maximum Gasteiger partial charge on any atom is 0.211 e. The van der Waals surface area contributed by atoms with Gasteiger partial charge in [0.2, 0.25) is 11.4 Å². The Labute approximate surface area is 259 Å². The maximum absolute atomic E-state index is 12.3. The molecule has 0 N–H and O–H groups in total. The van der Waals surface area contributed by atoms with Crippen molar-refractivity contribution < 1.29 is 4.70 Å². The lowest BCUT2D eigenvalue weighted by atomic mass is 9.87. The molecule has 0 spiro atoms. The predicted octanol–water partition coefficient (Wildman–Crippen LogP) is 12.6. The molecule has 0 atom stereocenters. The number of unbranched alkanes of at least 4 members (excludes halogenated alkanes) is 6. The van der Waals surface area contributed by atoms with E-state index >= 15 is 0 Å². The highest BCUT2D eigenvalue weighted by Crippen LogP contribution is 2.45. The molecule has 2 heteroatoms. The number of allylic oxidation sites excluding steroid dienone is 2. The summed E-state index contributed by atoms with van der Waals surface area (Å²) >= 11 is 0. The largest absolute Gasteiger partial charge is 0.493 e. The van der Waals surface area contributed by atoms with Crippen LogP contribution in [0.2, 0.25) is 0 Å². The molecular formula is C40H60N2. The second-order valence-electron chi connectivity index (χ2n) is 12.8. The Kier molecular flexibility index (Phi) is 13.7. The molecule has 1 heterocycles. The fraction of sp³-hybridized carbons (Fsp3) is 0.600. The molecule has 2 aromatic rings. The first-order chi connectivity index (χ1) is 20.3. The highest BCUT2D eigenvalue weighted by molar-refractivity contribution is 5.83. The average Bonchev–Trinajstić information content (AvgIpc) is 3.24. The summed E-state index contributed by atoms with van der Waals surface area (Å²) < 4.78 is 1.61. The number of nitrogens with zero attached hydrogens (tertiary/aromatic N) is 2. The molecule has 0 radical (unpaired) electrons. The van der Waals surface area contributed by atoms with Gasteiger partial charge in [0.25, 0.3) is 0 Å². The van der Waals surface area contributed by atoms with Crippen LogP contribution in [0.5, 0.6) is 0 Å². The Hall–Kier alpha value is -2.48. The SMILES string of the molecule is CCCCCCCCC1=C(c2cc(CCC)c(CCC)c(CCC)c2)[N+](=[N-])C(c2cc(C)c(C)c(C)c2)=C1CCCC. The lowest BCUT2D eigenvalue weighted by Gasteiger charge is -2.18. The third-order valence-corrected chi connectivity index (χ3v) is 9.37. The third-order valence-electron chi connectivity index (χ3n) is 9.37. The van der Waals surface area contributed by atoms with Gasteiger partial charge in [0.1, 0.15) is 0 Å². The second kappa shape index (κ2) is 17.0. The molecule has 3 rings (SSSR count). The first-order valence-electron chi connectivity index (χ1n) is 17.5. The lowest BCUT2D eigenvalue weighted by Crippen LogP contribution is -2.07. The van der Waals surface area contributed by atoms with E-state index in [2.05, 4.69) is 79.7 Å². The molecule has 0 unspecified atom stereocenters. The number of hydrogen-bond donors (Lipinski definition) is 0. The quantitative estimate of drug-likeness (QED) is 0.126. The Bertz CT molecular complexity index is 1220. The van der Waals surface area contributed by atoms with E-state index in [1.807, 2.05) is 0 Å². The van der Waals surface area contributed by atoms with Crippen molar-refractivity contribution in [2.75, 3.05) is 0 Å². The fourth-order valence-electron chi connectivity index (χ4n) is 6.88. The minimum Gasteiger partial charge on any atom is -0.493 e. The zero-order chi connectivity index (χ0) is 30.6. The monoisotopic (exact) mass is 568 g/mol. The van der Waals surface area contributed by atoms with Gasteiger partial charge in [-0.05, 0) is 123 Å². The van der Waals surface area contributed by atoms with E-state index in [0.717, 1.165) is 74.7 Å². The number of aryl methyl sites for hydroxylation is 4. The van der Waals surface area contributed by atoms with E-state index in [0.29, 0.717) is 0 Å². The number of hydrogen-bond acceptors (Lipinski definition) is 0. The summed E-state index contributed by atoms with van der Waals surface area (Å²) in [4.78, 5) is 0. The first kappa shape index (κ1) is 34.0. The Morgan fingerprint density at radius 1 is 0.500 bits per heavy atom. The molecule has 0 aliphatic carbocycles. The molecular weight excluding hydrogens is 508 g/mol. The zero-order valence-corrected chi connectivity index (χ0v) is 28.5. The minimum absolute atomic E-state index is 1.01. The van der Waals surface area contributed by atoms with E-state index in [4.69, 9.17) is 0 Å². The summed E-state index contributed by atoms with van der Waals surface area (Å²) in [6, 6.07) is 9.49. The lowest BCUT2D eigenvalue weighted by molar-refractivity contribution is -0.345. The fourth-order valence-corrected chi connectivity index (χ4v) is 6.88. The highest BCUT2D eigenvalue weighted by atomic mass is 15.2. The van der Waals surface area contributed by atoms with Crippen molar-refractivity contribution in [2.45, 2.75) is 158 Å². The molecule has 42 heavy (non-hydrogen) atoms. The molecule has 0 saturated heterocycles. The first-order valence-corrected chi connectivity index (χ1v) is 17.5. The van der Waals surface area contributed by atoms with Crippen LogP contribution in [0.15, 0.2) is 35.4 Å². The van der Waals surface area contributed by atoms with Crippen LogP contribution in [-0.4, -0.2) is 4.70 Å². The van der Waals surface area contributed by atoms with E-state index in [-0.39, 0.29) is 0 Å². The summed E-state index contributed by atoms with van der Waals surface area (Å²) in [5.74, 6) is 0. The molecule has 0 saturated carbocycles. The van der Waals surface area contributed by atoms with Crippen LogP contribution in [0.3, 0.4) is 0 Å². The van der Waals surface area contributed by atoms with Gasteiger partial charge in [-0.2, -0.15) is 0 Å². The van der Waals surface area contributed by atoms with Crippen molar-refractivity contribution in [3.8, 4) is 0 Å². The standard InChI is InChI=1S/C40H60N2/c1-9-14-16-17-18-19-24-38-37(23-15-10-2)39(34-25-29(6)31(8)30(7)26-34)42(41)40(38)35-27-32(20-11-3)36(22-13-5)33(28-35)21-12-4/h25-28H,9-24H2,1-8H3. The van der Waals surface area contributed by atoms with E-state index in [1.54, 1.807) is 10.3 Å². The molecule has 2 aromatic carbocycles. The average molecular weight is 569 g/mol. The van der Waals surface area contributed by atoms with Crippen molar-refractivity contribution in [1.29, 1.82) is 0 Å². The molecule has 0 fully saturated rings. The van der Waals surface area contributed by atoms with Crippen molar-refractivity contribution in [3.63, 3.8) is 0 Å². The van der Waals surface area contributed by atoms with E-state index < -0.39 is 0 Å². The van der Waals surface area contributed by atoms with Crippen LogP contribution in [-0.2, 0) is 19.3 Å². The zero-order valence-electron chi connectivity index (χ0n) is 28.5. The van der Waals surface area contributed by atoms with Crippen molar-refractivity contribution in [1.82, 2.24) is 0 Å². The van der Waals surface area contributed by atoms with Crippen molar-refractivity contribution >= 4 is 11.4 Å². The Balaban J connectivity index is 2.23. The minimum atomic E-state index is 1.01. The van der Waals surface area contributed by atoms with Gasteiger partial charge in [0.05, 0.1) is 0 Å². The van der Waals surface area contributed by atoms with Crippen molar-refractivity contribution in [3.05, 3.63) is 85.5 Å². The highest BCUT2D eigenvalue weighted by Gasteiger charge is 2.36. The van der Waals surface area contributed by atoms with Gasteiger partial charge in [-0.3, -0.25) is 0 Å². The van der Waals surface area contributed by atoms with E-state index in [9.17, 15) is 5.53 Å². The van der Waals surface area contributed by atoms with Gasteiger partial charge in [-0.25, -0.2) is 4.70 Å². The summed E-state index contributed by atoms with van der Waals surface area (Å²) in [7, 11) is 0. The van der Waals surface area contributed by atoms with Crippen molar-refractivity contribution in [2.24, 2.45) is 0 Å². The molecule has 2 nitrogen and oxygen atoms in total. The summed E-state index contributed by atoms with van der Waals surface area (Å²) in [6.45, 7) is 18.1. The molecule has 1 aliphatic heterocycles. The smallest absolute Gasteiger partial charge is 0.211 e. The van der Waals surface area contributed by atoms with Crippen LogP contribution in [0, 0.1) is 20.8 Å². The van der Waals surface area contributed by atoms with Gasteiger partial charge < -0.3 is 5.53 Å². The number of rotatable bonds is 18. The third kappa shape index (κ3) is 8.12. The van der Waals surface area contributed by atoms with Gasteiger partial charge in [-0.15, -0.1) is 0 Å². The Morgan fingerprint density at radius 2 is 0.952 bits per heavy atom. The molecule has 1 aliphatic rings. The normalized spacial score (nSPS) is 13.7. The van der Waals surface area contributed by atoms with Gasteiger partial charge in [0, 0.05) is 22.3 Å². The molecule has 0 bridgehead atoms. The molecule has 230 valence electrons. The predicted molar refractivity (Wildman–Crippen MR) is 184 cm³/mol. The van der Waals surface area contributed by atoms with Gasteiger partial charge >= 0.3 is 0 Å². The van der Waals surface area contributed by atoms with Crippen LogP contribution >= 0.6 is 0 Å². The van der Waals surface area contributed by atoms with Crippen LogP contribution < -0.4 is 0 Å². The topological polar surface area (TPSA) is 25.3 Å². The van der Waals surface area contributed by atoms with Gasteiger partial charge in [-0.1, -0.05) is 92.4 Å². The van der Waals surface area contributed by atoms with Crippen LogP contribution in [0.4, 0.5) is 0 Å². The molecule has 0 aromatic heterocycles. The molecule has 0 amide bonds. The van der Waals surface area contributed by atoms with E-state index in [1.165, 1.54) is 89.5 Å². The van der Waals surface area contributed by atoms with Gasteiger partial charge in [0.15, 0.2) is 0 Å². The second-order valence-corrected chi connectivity index (χ2v) is 12.8. The summed E-state index contributed by atoms with van der Waals surface area (Å²) in [6.07, 6.45) is 18.9. The van der Waals surface area contributed by atoms with Crippen LogP contribution in [0.25, 0.3) is 16.9 Å². The Morgan fingerprint density at radius 3 is 1.45 bits per heavy atom. The van der Waals surface area contributed by atoms with Crippen LogP contribution in [0.1, 0.15) is 163 Å². The summed E-state index contributed by atoms with van der Waals surface area (Å²) in [5, 5.41) is 0. The number of benzene rings is 2.